The standard InChI is InChI=1S/C23H29N5/c1-18-14-22(12-13-28(18)17-21-6-4-3-5-7-21)27-23(25-2)26-16-20-10-8-19(15-24)9-11-20/h3-11,18,22H,12-14,16-17H2,1-2H3,(H2,25,26,27). The lowest BCUT2D eigenvalue weighted by atomic mass is 9.97. The van der Waals surface area contributed by atoms with Gasteiger partial charge in [-0.15, -0.1) is 0 Å². The number of benzene rings is 2. The molecular weight excluding hydrogens is 346 g/mol. The molecule has 0 spiro atoms. The third-order valence-corrected chi connectivity index (χ3v) is 5.35. The van der Waals surface area contributed by atoms with E-state index < -0.39 is 0 Å². The summed E-state index contributed by atoms with van der Waals surface area (Å²) in [5.74, 6) is 0.832. The lowest BCUT2D eigenvalue weighted by molar-refractivity contribution is 0.134. The van der Waals surface area contributed by atoms with Crippen LogP contribution >= 0.6 is 0 Å². The van der Waals surface area contributed by atoms with Gasteiger partial charge in [-0.25, -0.2) is 0 Å². The predicted molar refractivity (Wildman–Crippen MR) is 114 cm³/mol. The van der Waals surface area contributed by atoms with Crippen molar-refractivity contribution in [2.75, 3.05) is 13.6 Å². The molecule has 2 N–H and O–H groups in total. The molecule has 2 aromatic carbocycles. The molecule has 146 valence electrons. The highest BCUT2D eigenvalue weighted by atomic mass is 15.2. The Labute approximate surface area is 168 Å². The van der Waals surface area contributed by atoms with E-state index in [1.807, 2.05) is 31.3 Å². The molecule has 1 saturated heterocycles. The van der Waals surface area contributed by atoms with Crippen LogP contribution in [0.1, 0.15) is 36.5 Å². The maximum Gasteiger partial charge on any atom is 0.191 e. The summed E-state index contributed by atoms with van der Waals surface area (Å²) in [5, 5.41) is 15.8. The van der Waals surface area contributed by atoms with Crippen molar-refractivity contribution in [3.05, 3.63) is 71.3 Å². The minimum absolute atomic E-state index is 0.425. The van der Waals surface area contributed by atoms with Gasteiger partial charge in [0.25, 0.3) is 0 Å². The highest BCUT2D eigenvalue weighted by Crippen LogP contribution is 2.20. The molecule has 0 bridgehead atoms. The second kappa shape index (κ2) is 9.91. The van der Waals surface area contributed by atoms with E-state index >= 15 is 0 Å². The van der Waals surface area contributed by atoms with Crippen LogP contribution in [0.4, 0.5) is 0 Å². The number of nitrogens with one attached hydrogen (secondary N) is 2. The minimum atomic E-state index is 0.425. The smallest absolute Gasteiger partial charge is 0.191 e. The first-order chi connectivity index (χ1) is 13.7. The number of hydrogen-bond donors (Lipinski definition) is 2. The van der Waals surface area contributed by atoms with Gasteiger partial charge in [0.1, 0.15) is 0 Å². The van der Waals surface area contributed by atoms with Gasteiger partial charge in [0.05, 0.1) is 11.6 Å². The van der Waals surface area contributed by atoms with Gasteiger partial charge in [0, 0.05) is 38.8 Å². The second-order valence-corrected chi connectivity index (χ2v) is 7.41. The van der Waals surface area contributed by atoms with Gasteiger partial charge in [-0.3, -0.25) is 9.89 Å². The SMILES string of the molecule is CN=C(NCc1ccc(C#N)cc1)NC1CCN(Cc2ccccc2)C(C)C1. The molecule has 2 atom stereocenters. The van der Waals surface area contributed by atoms with E-state index in [0.29, 0.717) is 24.2 Å². The summed E-state index contributed by atoms with van der Waals surface area (Å²) in [6.07, 6.45) is 2.21. The molecule has 2 unspecified atom stereocenters. The number of piperidine rings is 1. The Kier molecular flexibility index (Phi) is 7.05. The van der Waals surface area contributed by atoms with E-state index in [-0.39, 0.29) is 0 Å². The number of nitriles is 1. The summed E-state index contributed by atoms with van der Waals surface area (Å²) in [7, 11) is 1.81. The molecule has 0 radical (unpaired) electrons. The Morgan fingerprint density at radius 1 is 1.14 bits per heavy atom. The summed E-state index contributed by atoms with van der Waals surface area (Å²) >= 11 is 0. The van der Waals surface area contributed by atoms with E-state index in [1.165, 1.54) is 5.56 Å². The highest BCUT2D eigenvalue weighted by Gasteiger charge is 2.25. The molecular formula is C23H29N5. The van der Waals surface area contributed by atoms with Crippen molar-refractivity contribution in [1.29, 1.82) is 5.26 Å². The molecule has 1 heterocycles. The van der Waals surface area contributed by atoms with Crippen LogP contribution in [0.15, 0.2) is 59.6 Å². The van der Waals surface area contributed by atoms with Crippen LogP contribution < -0.4 is 10.6 Å². The third-order valence-electron chi connectivity index (χ3n) is 5.35. The quantitative estimate of drug-likeness (QED) is 0.622. The molecule has 5 heteroatoms. The summed E-state index contributed by atoms with van der Waals surface area (Å²) < 4.78 is 0. The van der Waals surface area contributed by atoms with Gasteiger partial charge >= 0.3 is 0 Å². The fourth-order valence-electron chi connectivity index (χ4n) is 3.68. The van der Waals surface area contributed by atoms with Crippen LogP contribution in [0.2, 0.25) is 0 Å². The topological polar surface area (TPSA) is 63.5 Å². The van der Waals surface area contributed by atoms with E-state index in [0.717, 1.165) is 37.5 Å². The molecule has 1 aliphatic heterocycles. The molecule has 1 fully saturated rings. The van der Waals surface area contributed by atoms with E-state index in [2.05, 4.69) is 63.9 Å². The van der Waals surface area contributed by atoms with Crippen molar-refractivity contribution < 1.29 is 0 Å². The summed E-state index contributed by atoms with van der Waals surface area (Å²) in [5.41, 5.74) is 3.19. The van der Waals surface area contributed by atoms with Gasteiger partial charge in [0.15, 0.2) is 5.96 Å². The van der Waals surface area contributed by atoms with Gasteiger partial charge in [-0.2, -0.15) is 5.26 Å². The van der Waals surface area contributed by atoms with Crippen LogP contribution in [-0.4, -0.2) is 36.5 Å². The van der Waals surface area contributed by atoms with Crippen molar-refractivity contribution >= 4 is 5.96 Å². The molecule has 0 aliphatic carbocycles. The summed E-state index contributed by atoms with van der Waals surface area (Å²) in [6.45, 7) is 5.10. The average molecular weight is 376 g/mol. The highest BCUT2D eigenvalue weighted by molar-refractivity contribution is 5.79. The first-order valence-electron chi connectivity index (χ1n) is 9.92. The van der Waals surface area contributed by atoms with E-state index in [1.54, 1.807) is 0 Å². The van der Waals surface area contributed by atoms with Crippen LogP contribution in [-0.2, 0) is 13.1 Å². The maximum absolute atomic E-state index is 8.89. The molecule has 28 heavy (non-hydrogen) atoms. The molecule has 3 rings (SSSR count). The molecule has 0 amide bonds. The second-order valence-electron chi connectivity index (χ2n) is 7.41. The number of likely N-dealkylation sites (tertiary alicyclic amines) is 1. The first kappa shape index (κ1) is 19.9. The number of hydrogen-bond acceptors (Lipinski definition) is 3. The van der Waals surface area contributed by atoms with Crippen molar-refractivity contribution in [2.45, 2.75) is 44.9 Å². The zero-order valence-corrected chi connectivity index (χ0v) is 16.7. The van der Waals surface area contributed by atoms with Crippen molar-refractivity contribution in [3.8, 4) is 6.07 Å². The van der Waals surface area contributed by atoms with Crippen molar-refractivity contribution in [3.63, 3.8) is 0 Å². The van der Waals surface area contributed by atoms with E-state index in [4.69, 9.17) is 5.26 Å². The fraction of sp³-hybridized carbons (Fsp3) is 0.391. The van der Waals surface area contributed by atoms with Crippen LogP contribution in [0, 0.1) is 11.3 Å². The zero-order chi connectivity index (χ0) is 19.8. The number of nitrogens with zero attached hydrogens (tertiary/aromatic N) is 3. The molecule has 2 aromatic rings. The lowest BCUT2D eigenvalue weighted by Gasteiger charge is -2.38. The Hall–Kier alpha value is -2.84. The van der Waals surface area contributed by atoms with Crippen molar-refractivity contribution in [2.24, 2.45) is 4.99 Å². The largest absolute Gasteiger partial charge is 0.354 e. The maximum atomic E-state index is 8.89. The fourth-order valence-corrected chi connectivity index (χ4v) is 3.68. The van der Waals surface area contributed by atoms with Gasteiger partial charge < -0.3 is 10.6 Å². The Bertz CT molecular complexity index is 807. The zero-order valence-electron chi connectivity index (χ0n) is 16.7. The van der Waals surface area contributed by atoms with Crippen LogP contribution in [0.5, 0.6) is 0 Å². The normalized spacial score (nSPS) is 20.4. The molecule has 5 nitrogen and oxygen atoms in total. The van der Waals surface area contributed by atoms with Gasteiger partial charge in [0.2, 0.25) is 0 Å². The summed E-state index contributed by atoms with van der Waals surface area (Å²) in [4.78, 5) is 6.93. The Balaban J connectivity index is 1.47. The number of aliphatic imine (C=N–C) groups is 1. The van der Waals surface area contributed by atoms with E-state index in [9.17, 15) is 0 Å². The summed E-state index contributed by atoms with van der Waals surface area (Å²) in [6, 6.07) is 21.4. The average Bonchev–Trinajstić information content (AvgIpc) is 2.74. The predicted octanol–water partition coefficient (Wildman–Crippen LogP) is 3.28. The van der Waals surface area contributed by atoms with Gasteiger partial charge in [-0.1, -0.05) is 42.5 Å². The monoisotopic (exact) mass is 375 g/mol. The Morgan fingerprint density at radius 2 is 1.89 bits per heavy atom. The van der Waals surface area contributed by atoms with Gasteiger partial charge in [-0.05, 0) is 43.0 Å². The molecule has 0 aromatic heterocycles. The molecule has 0 saturated carbocycles. The number of rotatable bonds is 5. The first-order valence-corrected chi connectivity index (χ1v) is 9.92. The Morgan fingerprint density at radius 3 is 2.54 bits per heavy atom. The lowest BCUT2D eigenvalue weighted by Crippen LogP contribution is -2.51. The molecule has 1 aliphatic rings. The third kappa shape index (κ3) is 5.58. The van der Waals surface area contributed by atoms with Crippen LogP contribution in [0.25, 0.3) is 0 Å². The van der Waals surface area contributed by atoms with Crippen LogP contribution in [0.3, 0.4) is 0 Å². The van der Waals surface area contributed by atoms with Crippen molar-refractivity contribution in [1.82, 2.24) is 15.5 Å². The minimum Gasteiger partial charge on any atom is -0.354 e. The number of guanidine groups is 1.